The van der Waals surface area contributed by atoms with E-state index in [1.54, 1.807) is 23.1 Å². The number of likely N-dealkylation sites (N-methyl/N-ethyl adjacent to an activating group) is 1. The Balaban J connectivity index is 1.32. The normalized spacial score (nSPS) is 19.7. The second-order valence-electron chi connectivity index (χ2n) is 8.51. The Kier molecular flexibility index (Phi) is 4.91. The average molecular weight is 402 g/mol. The van der Waals surface area contributed by atoms with Crippen LogP contribution in [0.25, 0.3) is 11.0 Å². The second-order valence-corrected chi connectivity index (χ2v) is 8.51. The number of carbonyl (C=O) groups is 1. The van der Waals surface area contributed by atoms with Crippen molar-refractivity contribution in [3.63, 3.8) is 0 Å². The number of benzene rings is 2. The third kappa shape index (κ3) is 3.43. The molecular formula is C25H26N2O3. The smallest absolute Gasteiger partial charge is 0.289 e. The van der Waals surface area contributed by atoms with Crippen molar-refractivity contribution in [2.45, 2.75) is 37.8 Å². The summed E-state index contributed by atoms with van der Waals surface area (Å²) in [4.78, 5) is 29.8. The summed E-state index contributed by atoms with van der Waals surface area (Å²) in [6.07, 6.45) is 4.20. The number of amides is 1. The summed E-state index contributed by atoms with van der Waals surface area (Å²) in [5.74, 6) is -0.106. The number of para-hydroxylation sites is 1. The van der Waals surface area contributed by atoms with Gasteiger partial charge in [0.1, 0.15) is 5.58 Å². The Labute approximate surface area is 175 Å². The first kappa shape index (κ1) is 19.1. The van der Waals surface area contributed by atoms with Crippen LogP contribution >= 0.6 is 0 Å². The van der Waals surface area contributed by atoms with Gasteiger partial charge in [-0.1, -0.05) is 36.4 Å². The predicted molar refractivity (Wildman–Crippen MR) is 117 cm³/mol. The molecule has 0 bridgehead atoms. The van der Waals surface area contributed by atoms with Gasteiger partial charge in [-0.2, -0.15) is 0 Å². The van der Waals surface area contributed by atoms with Gasteiger partial charge < -0.3 is 9.32 Å². The van der Waals surface area contributed by atoms with Crippen LogP contribution in [-0.4, -0.2) is 47.9 Å². The lowest BCUT2D eigenvalue weighted by atomic mass is 10.0. The first-order chi connectivity index (χ1) is 14.6. The number of nitrogens with zero attached hydrogens (tertiary/aromatic N) is 2. The molecule has 1 amide bonds. The van der Waals surface area contributed by atoms with Crippen LogP contribution in [0.4, 0.5) is 0 Å². The third-order valence-electron chi connectivity index (χ3n) is 6.69. The zero-order valence-electron chi connectivity index (χ0n) is 17.2. The van der Waals surface area contributed by atoms with E-state index in [4.69, 9.17) is 4.42 Å². The molecular weight excluding hydrogens is 376 g/mol. The van der Waals surface area contributed by atoms with Gasteiger partial charge in [0, 0.05) is 31.7 Å². The quantitative estimate of drug-likeness (QED) is 0.673. The summed E-state index contributed by atoms with van der Waals surface area (Å²) >= 11 is 0. The predicted octanol–water partition coefficient (Wildman–Crippen LogP) is 3.50. The van der Waals surface area contributed by atoms with E-state index in [2.05, 4.69) is 29.2 Å². The number of fused-ring (bicyclic) bond motifs is 2. The monoisotopic (exact) mass is 402 g/mol. The van der Waals surface area contributed by atoms with Gasteiger partial charge in [-0.25, -0.2) is 0 Å². The number of likely N-dealkylation sites (tertiary alicyclic amines) is 1. The number of hydrogen-bond donors (Lipinski definition) is 0. The summed E-state index contributed by atoms with van der Waals surface area (Å²) in [6.45, 7) is 1.93. The van der Waals surface area contributed by atoms with E-state index in [0.29, 0.717) is 17.0 Å². The minimum atomic E-state index is -0.223. The Hall–Kier alpha value is -2.92. The van der Waals surface area contributed by atoms with Crippen molar-refractivity contribution in [2.24, 2.45) is 0 Å². The second kappa shape index (κ2) is 7.73. The molecule has 30 heavy (non-hydrogen) atoms. The molecule has 154 valence electrons. The molecule has 1 fully saturated rings. The molecule has 1 atom stereocenters. The summed E-state index contributed by atoms with van der Waals surface area (Å²) < 4.78 is 5.78. The lowest BCUT2D eigenvalue weighted by molar-refractivity contribution is 0.0529. The maximum atomic E-state index is 13.1. The zero-order valence-corrected chi connectivity index (χ0v) is 17.2. The van der Waals surface area contributed by atoms with Crippen molar-refractivity contribution in [2.75, 3.05) is 20.1 Å². The molecule has 1 aliphatic carbocycles. The molecule has 2 heterocycles. The van der Waals surface area contributed by atoms with Crippen molar-refractivity contribution in [1.82, 2.24) is 9.80 Å². The highest BCUT2D eigenvalue weighted by Gasteiger charge is 2.33. The van der Waals surface area contributed by atoms with Gasteiger partial charge in [-0.3, -0.25) is 14.5 Å². The third-order valence-corrected chi connectivity index (χ3v) is 6.69. The summed E-state index contributed by atoms with van der Waals surface area (Å²) in [6, 6.07) is 17.7. The first-order valence-corrected chi connectivity index (χ1v) is 10.7. The van der Waals surface area contributed by atoms with E-state index >= 15 is 0 Å². The van der Waals surface area contributed by atoms with Crippen LogP contribution in [0, 0.1) is 0 Å². The summed E-state index contributed by atoms with van der Waals surface area (Å²) in [5.41, 5.74) is 3.18. The van der Waals surface area contributed by atoms with E-state index < -0.39 is 0 Å². The SMILES string of the molecule is CN(C(=O)c1cc(=O)c2ccccc2o1)C1CCCN(C2Cc3ccccc3C2)C1. The largest absolute Gasteiger partial charge is 0.451 e. The fraction of sp³-hybridized carbons (Fsp3) is 0.360. The number of rotatable bonds is 3. The molecule has 3 aromatic rings. The Bertz CT molecular complexity index is 1130. The molecule has 1 saturated heterocycles. The molecule has 1 aromatic heterocycles. The van der Waals surface area contributed by atoms with Gasteiger partial charge in [-0.05, 0) is 55.5 Å². The zero-order chi connectivity index (χ0) is 20.7. The maximum Gasteiger partial charge on any atom is 0.289 e. The highest BCUT2D eigenvalue weighted by atomic mass is 16.3. The molecule has 5 nitrogen and oxygen atoms in total. The Morgan fingerprint density at radius 1 is 1.07 bits per heavy atom. The van der Waals surface area contributed by atoms with Crippen molar-refractivity contribution < 1.29 is 9.21 Å². The van der Waals surface area contributed by atoms with Gasteiger partial charge in [0.15, 0.2) is 11.2 Å². The van der Waals surface area contributed by atoms with Crippen LogP contribution in [0.3, 0.4) is 0 Å². The lowest BCUT2D eigenvalue weighted by Crippen LogP contribution is -2.51. The van der Waals surface area contributed by atoms with Crippen LogP contribution in [0.2, 0.25) is 0 Å². The number of carbonyl (C=O) groups excluding carboxylic acids is 1. The Morgan fingerprint density at radius 3 is 2.53 bits per heavy atom. The fourth-order valence-corrected chi connectivity index (χ4v) is 4.97. The molecule has 0 radical (unpaired) electrons. The highest BCUT2D eigenvalue weighted by Crippen LogP contribution is 2.28. The van der Waals surface area contributed by atoms with Crippen molar-refractivity contribution in [3.05, 3.63) is 81.7 Å². The van der Waals surface area contributed by atoms with E-state index in [-0.39, 0.29) is 23.1 Å². The maximum absolute atomic E-state index is 13.1. The van der Waals surface area contributed by atoms with Crippen LogP contribution < -0.4 is 5.43 Å². The highest BCUT2D eigenvalue weighted by molar-refractivity contribution is 5.93. The van der Waals surface area contributed by atoms with E-state index in [9.17, 15) is 9.59 Å². The molecule has 2 aromatic carbocycles. The summed E-state index contributed by atoms with van der Waals surface area (Å²) in [5, 5.41) is 0.501. The minimum absolute atomic E-state index is 0.117. The van der Waals surface area contributed by atoms with Gasteiger partial charge in [0.25, 0.3) is 5.91 Å². The fourth-order valence-electron chi connectivity index (χ4n) is 4.97. The molecule has 1 unspecified atom stereocenters. The van der Waals surface area contributed by atoms with E-state index in [1.807, 2.05) is 13.1 Å². The average Bonchev–Trinajstić information content (AvgIpc) is 3.22. The van der Waals surface area contributed by atoms with Crippen LogP contribution in [0.5, 0.6) is 0 Å². The van der Waals surface area contributed by atoms with Gasteiger partial charge in [-0.15, -0.1) is 0 Å². The van der Waals surface area contributed by atoms with Gasteiger partial charge in [0.2, 0.25) is 0 Å². The van der Waals surface area contributed by atoms with Gasteiger partial charge >= 0.3 is 0 Å². The topological polar surface area (TPSA) is 53.8 Å². The van der Waals surface area contributed by atoms with Crippen LogP contribution in [0.15, 0.2) is 63.8 Å². The van der Waals surface area contributed by atoms with Crippen molar-refractivity contribution in [1.29, 1.82) is 0 Å². The van der Waals surface area contributed by atoms with Gasteiger partial charge in [0.05, 0.1) is 5.39 Å². The summed E-state index contributed by atoms with van der Waals surface area (Å²) in [7, 11) is 1.83. The Morgan fingerprint density at radius 2 is 1.77 bits per heavy atom. The van der Waals surface area contributed by atoms with Crippen molar-refractivity contribution >= 4 is 16.9 Å². The van der Waals surface area contributed by atoms with E-state index in [1.165, 1.54) is 17.2 Å². The molecule has 1 aliphatic heterocycles. The standard InChI is InChI=1S/C25H26N2O3/c1-26(25(29)24-15-22(28)21-10-4-5-11-23(21)30-24)19-9-6-12-27(16-19)20-13-17-7-2-3-8-18(17)14-20/h2-5,7-8,10-11,15,19-20H,6,9,12-14,16H2,1H3. The molecule has 2 aliphatic rings. The van der Waals surface area contributed by atoms with Crippen LogP contribution in [0.1, 0.15) is 34.5 Å². The van der Waals surface area contributed by atoms with E-state index in [0.717, 1.165) is 38.8 Å². The molecule has 5 heteroatoms. The van der Waals surface area contributed by atoms with Crippen LogP contribution in [-0.2, 0) is 12.8 Å². The molecule has 0 saturated carbocycles. The molecule has 0 N–H and O–H groups in total. The van der Waals surface area contributed by atoms with Crippen molar-refractivity contribution in [3.8, 4) is 0 Å². The first-order valence-electron chi connectivity index (χ1n) is 10.7. The number of hydrogen-bond acceptors (Lipinski definition) is 4. The minimum Gasteiger partial charge on any atom is -0.451 e. The molecule has 5 rings (SSSR count). The number of piperidine rings is 1. The molecule has 0 spiro atoms. The lowest BCUT2D eigenvalue weighted by Gasteiger charge is -2.40.